The molecule has 0 atom stereocenters. The number of carbonyl (C=O) groups excluding carboxylic acids is 2. The molecule has 6 nitrogen and oxygen atoms in total. The molecule has 0 heterocycles. The van der Waals surface area contributed by atoms with Crippen molar-refractivity contribution in [1.82, 2.24) is 0 Å². The van der Waals surface area contributed by atoms with Crippen LogP contribution >= 0.6 is 0 Å². The summed E-state index contributed by atoms with van der Waals surface area (Å²) in [7, 11) is 0. The molecule has 0 aliphatic carbocycles. The summed E-state index contributed by atoms with van der Waals surface area (Å²) in [6, 6.07) is 11.4. The fourth-order valence-electron chi connectivity index (χ4n) is 4.29. The van der Waals surface area contributed by atoms with Crippen molar-refractivity contribution in [3.63, 3.8) is 0 Å². The Labute approximate surface area is 213 Å². The van der Waals surface area contributed by atoms with E-state index in [2.05, 4.69) is 13.8 Å². The maximum absolute atomic E-state index is 12.6. The molecule has 3 rings (SSSR count). The molecule has 0 aliphatic heterocycles. The first-order chi connectivity index (χ1) is 17.5. The maximum Gasteiger partial charge on any atom is 0.513 e. The highest BCUT2D eigenvalue weighted by Gasteiger charge is 2.22. The second-order valence-electron chi connectivity index (χ2n) is 9.23. The zero-order chi connectivity index (χ0) is 25.9. The Kier molecular flexibility index (Phi) is 10.4. The van der Waals surface area contributed by atoms with Crippen molar-refractivity contribution in [3.8, 4) is 11.5 Å². The van der Waals surface area contributed by atoms with Gasteiger partial charge in [0.1, 0.15) is 5.75 Å². The Morgan fingerprint density at radius 3 is 1.89 bits per heavy atom. The van der Waals surface area contributed by atoms with E-state index >= 15 is 0 Å². The van der Waals surface area contributed by atoms with Gasteiger partial charge in [-0.25, -0.2) is 9.59 Å². The molecule has 0 saturated carbocycles. The minimum Gasteiger partial charge on any atom is -0.434 e. The molecule has 0 unspecified atom stereocenters. The largest absolute Gasteiger partial charge is 0.513 e. The van der Waals surface area contributed by atoms with Crippen LogP contribution in [0.2, 0.25) is 0 Å². The quantitative estimate of drug-likeness (QED) is 0.108. The number of aryl methyl sites for hydroxylation is 2. The summed E-state index contributed by atoms with van der Waals surface area (Å²) in [6.07, 6.45) is 6.58. The Bertz CT molecular complexity index is 1180. The smallest absolute Gasteiger partial charge is 0.434 e. The molecular formula is C30H38O6. The number of fused-ring (bicyclic) bond motifs is 2. The predicted octanol–water partition coefficient (Wildman–Crippen LogP) is 8.80. The average molecular weight is 495 g/mol. The molecule has 0 radical (unpaired) electrons. The molecule has 36 heavy (non-hydrogen) atoms. The van der Waals surface area contributed by atoms with E-state index in [1.54, 1.807) is 0 Å². The van der Waals surface area contributed by atoms with E-state index in [-0.39, 0.29) is 0 Å². The summed E-state index contributed by atoms with van der Waals surface area (Å²) in [6.45, 7) is 8.80. The van der Waals surface area contributed by atoms with Gasteiger partial charge < -0.3 is 18.9 Å². The SMILES string of the molecule is CCCCCCOC(=O)Oc1c2cc(C)ccc2c(OC(=O)OCCCCCC)c2c(C)cccc12. The van der Waals surface area contributed by atoms with Crippen molar-refractivity contribution in [1.29, 1.82) is 0 Å². The Morgan fingerprint density at radius 1 is 0.667 bits per heavy atom. The molecular weight excluding hydrogens is 456 g/mol. The molecule has 6 heteroatoms. The summed E-state index contributed by atoms with van der Waals surface area (Å²) in [4.78, 5) is 25.2. The van der Waals surface area contributed by atoms with Crippen LogP contribution in [0.15, 0.2) is 36.4 Å². The molecule has 3 aromatic carbocycles. The first-order valence-corrected chi connectivity index (χ1v) is 13.1. The number of rotatable bonds is 12. The molecule has 0 amide bonds. The van der Waals surface area contributed by atoms with Gasteiger partial charge in [0, 0.05) is 21.5 Å². The molecule has 0 bridgehead atoms. The topological polar surface area (TPSA) is 71.1 Å². The lowest BCUT2D eigenvalue weighted by Crippen LogP contribution is -2.14. The van der Waals surface area contributed by atoms with Gasteiger partial charge >= 0.3 is 12.3 Å². The third-order valence-electron chi connectivity index (χ3n) is 6.22. The van der Waals surface area contributed by atoms with E-state index in [1.807, 2.05) is 50.2 Å². The van der Waals surface area contributed by atoms with Crippen molar-refractivity contribution in [2.45, 2.75) is 79.1 Å². The number of unbranched alkanes of at least 4 members (excludes halogenated alkanes) is 6. The number of hydrogen-bond acceptors (Lipinski definition) is 6. The van der Waals surface area contributed by atoms with Crippen molar-refractivity contribution in [2.75, 3.05) is 13.2 Å². The molecule has 0 saturated heterocycles. The van der Waals surface area contributed by atoms with Gasteiger partial charge in [-0.1, -0.05) is 88.3 Å². The van der Waals surface area contributed by atoms with Crippen molar-refractivity contribution in [3.05, 3.63) is 47.5 Å². The van der Waals surface area contributed by atoms with Crippen LogP contribution in [0.1, 0.15) is 76.3 Å². The van der Waals surface area contributed by atoms with Crippen molar-refractivity contribution >= 4 is 33.9 Å². The zero-order valence-electron chi connectivity index (χ0n) is 22.0. The van der Waals surface area contributed by atoms with Gasteiger partial charge in [-0.05, 0) is 38.3 Å². The van der Waals surface area contributed by atoms with Gasteiger partial charge in [-0.2, -0.15) is 0 Å². The van der Waals surface area contributed by atoms with Gasteiger partial charge in [0.05, 0.1) is 13.2 Å². The summed E-state index contributed by atoms with van der Waals surface area (Å²) in [5.74, 6) is 0.795. The summed E-state index contributed by atoms with van der Waals surface area (Å²) in [5, 5.41) is 2.70. The second-order valence-corrected chi connectivity index (χ2v) is 9.23. The Morgan fingerprint density at radius 2 is 1.28 bits per heavy atom. The predicted molar refractivity (Wildman–Crippen MR) is 143 cm³/mol. The third kappa shape index (κ3) is 7.12. The molecule has 194 valence electrons. The third-order valence-corrected chi connectivity index (χ3v) is 6.22. The first-order valence-electron chi connectivity index (χ1n) is 13.1. The highest BCUT2D eigenvalue weighted by molar-refractivity contribution is 6.13. The lowest BCUT2D eigenvalue weighted by molar-refractivity contribution is 0.0965. The average Bonchev–Trinajstić information content (AvgIpc) is 2.85. The van der Waals surface area contributed by atoms with Gasteiger partial charge in [0.25, 0.3) is 0 Å². The Hall–Kier alpha value is -3.28. The van der Waals surface area contributed by atoms with E-state index in [9.17, 15) is 9.59 Å². The fraction of sp³-hybridized carbons (Fsp3) is 0.467. The van der Waals surface area contributed by atoms with Crippen LogP contribution < -0.4 is 9.47 Å². The fourth-order valence-corrected chi connectivity index (χ4v) is 4.29. The molecule has 3 aromatic rings. The maximum atomic E-state index is 12.6. The monoisotopic (exact) mass is 494 g/mol. The van der Waals surface area contributed by atoms with Crippen LogP contribution in [0.25, 0.3) is 21.5 Å². The lowest BCUT2D eigenvalue weighted by atomic mass is 9.96. The second kappa shape index (κ2) is 13.7. The van der Waals surface area contributed by atoms with E-state index < -0.39 is 12.3 Å². The van der Waals surface area contributed by atoms with Gasteiger partial charge in [-0.3, -0.25) is 0 Å². The normalized spacial score (nSPS) is 11.0. The molecule has 0 fully saturated rings. The van der Waals surface area contributed by atoms with E-state index in [0.717, 1.165) is 62.5 Å². The van der Waals surface area contributed by atoms with Crippen molar-refractivity contribution < 1.29 is 28.5 Å². The van der Waals surface area contributed by atoms with Crippen LogP contribution in [-0.2, 0) is 9.47 Å². The molecule has 0 N–H and O–H groups in total. The van der Waals surface area contributed by atoms with E-state index in [0.29, 0.717) is 46.3 Å². The molecule has 0 aromatic heterocycles. The van der Waals surface area contributed by atoms with Crippen LogP contribution in [-0.4, -0.2) is 25.5 Å². The van der Waals surface area contributed by atoms with Gasteiger partial charge in [0.15, 0.2) is 5.75 Å². The number of benzene rings is 3. The summed E-state index contributed by atoms with van der Waals surface area (Å²) < 4.78 is 22.3. The van der Waals surface area contributed by atoms with Crippen LogP contribution in [0.4, 0.5) is 9.59 Å². The van der Waals surface area contributed by atoms with E-state index in [4.69, 9.17) is 18.9 Å². The first kappa shape index (κ1) is 27.3. The standard InChI is InChI=1S/C30H38O6/c1-5-7-9-11-18-33-29(31)35-27-24-15-13-14-22(4)26(24)28(23-17-16-21(3)20-25(23)27)36-30(32)34-19-12-10-8-6-2/h13-17,20H,5-12,18-19H2,1-4H3. The minimum absolute atomic E-state index is 0.318. The highest BCUT2D eigenvalue weighted by atomic mass is 16.7. The molecule has 0 spiro atoms. The van der Waals surface area contributed by atoms with Gasteiger partial charge in [0.2, 0.25) is 0 Å². The zero-order valence-corrected chi connectivity index (χ0v) is 22.0. The van der Waals surface area contributed by atoms with Crippen molar-refractivity contribution in [2.24, 2.45) is 0 Å². The van der Waals surface area contributed by atoms with Crippen LogP contribution in [0, 0.1) is 13.8 Å². The minimum atomic E-state index is -0.739. The number of hydrogen-bond donors (Lipinski definition) is 0. The van der Waals surface area contributed by atoms with Gasteiger partial charge in [-0.15, -0.1) is 0 Å². The van der Waals surface area contributed by atoms with Crippen LogP contribution in [0.5, 0.6) is 11.5 Å². The Balaban J connectivity index is 1.94. The number of carbonyl (C=O) groups is 2. The summed E-state index contributed by atoms with van der Waals surface area (Å²) in [5.41, 5.74) is 1.87. The number of ether oxygens (including phenoxy) is 4. The highest BCUT2D eigenvalue weighted by Crippen LogP contribution is 2.44. The lowest BCUT2D eigenvalue weighted by Gasteiger charge is -2.18. The summed E-state index contributed by atoms with van der Waals surface area (Å²) >= 11 is 0. The van der Waals surface area contributed by atoms with Crippen LogP contribution in [0.3, 0.4) is 0 Å². The molecule has 0 aliphatic rings. The van der Waals surface area contributed by atoms with E-state index in [1.165, 1.54) is 0 Å².